The highest BCUT2D eigenvalue weighted by molar-refractivity contribution is 9.10. The van der Waals surface area contributed by atoms with Crippen molar-refractivity contribution in [2.45, 2.75) is 32.5 Å². The number of carboxylic acids is 1. The second kappa shape index (κ2) is 9.19. The van der Waals surface area contributed by atoms with E-state index in [0.717, 1.165) is 15.8 Å². The first-order valence-electron chi connectivity index (χ1n) is 8.65. The standard InChI is InChI=1S/C21H25BrO3Si/c1-16(12-13-25-18-9-7-8-17(22)14-18)20(21(23)24)15-26(2,3)19-10-5-4-6-11-19/h4-11,14H,12-13,15H2,1-3H3,(H,23,24)/b20-16+. The fraction of sp³-hybridized carbons (Fsp3) is 0.286. The number of rotatable bonds is 8. The Bertz CT molecular complexity index is 785. The summed E-state index contributed by atoms with van der Waals surface area (Å²) in [5, 5.41) is 11.0. The maximum Gasteiger partial charge on any atom is 0.331 e. The fourth-order valence-electron chi connectivity index (χ4n) is 2.87. The van der Waals surface area contributed by atoms with Crippen molar-refractivity contribution in [2.75, 3.05) is 6.61 Å². The van der Waals surface area contributed by atoms with Gasteiger partial charge in [-0.05, 0) is 31.2 Å². The van der Waals surface area contributed by atoms with Gasteiger partial charge >= 0.3 is 5.97 Å². The summed E-state index contributed by atoms with van der Waals surface area (Å²) in [5.74, 6) is -0.0375. The van der Waals surface area contributed by atoms with Gasteiger partial charge in [0, 0.05) is 16.5 Å². The number of ether oxygens (including phenoxy) is 1. The van der Waals surface area contributed by atoms with Gasteiger partial charge in [-0.3, -0.25) is 0 Å². The van der Waals surface area contributed by atoms with Crippen LogP contribution < -0.4 is 9.92 Å². The highest BCUT2D eigenvalue weighted by Gasteiger charge is 2.28. The SMILES string of the molecule is C/C(CCOc1cccc(Br)c1)=C(/C[Si](C)(C)c1ccccc1)C(=O)O. The molecule has 0 atom stereocenters. The van der Waals surface area contributed by atoms with E-state index in [0.29, 0.717) is 24.6 Å². The molecule has 26 heavy (non-hydrogen) atoms. The van der Waals surface area contributed by atoms with Crippen molar-refractivity contribution in [3.05, 3.63) is 70.2 Å². The average molecular weight is 433 g/mol. The number of hydrogen-bond donors (Lipinski definition) is 1. The molecule has 0 saturated carbocycles. The lowest BCUT2D eigenvalue weighted by Crippen LogP contribution is -2.42. The molecule has 0 saturated heterocycles. The third kappa shape index (κ3) is 5.85. The van der Waals surface area contributed by atoms with Crippen molar-refractivity contribution < 1.29 is 14.6 Å². The van der Waals surface area contributed by atoms with Crippen molar-refractivity contribution in [1.29, 1.82) is 0 Å². The monoisotopic (exact) mass is 432 g/mol. The molecule has 0 heterocycles. The minimum atomic E-state index is -1.86. The van der Waals surface area contributed by atoms with Gasteiger partial charge in [0.1, 0.15) is 5.75 Å². The maximum absolute atomic E-state index is 11.8. The lowest BCUT2D eigenvalue weighted by molar-refractivity contribution is -0.132. The summed E-state index contributed by atoms with van der Waals surface area (Å²) in [7, 11) is -1.86. The van der Waals surface area contributed by atoms with Gasteiger partial charge in [0.05, 0.1) is 14.7 Å². The normalized spacial score (nSPS) is 12.5. The first-order chi connectivity index (χ1) is 12.3. The van der Waals surface area contributed by atoms with Gasteiger partial charge in [0.25, 0.3) is 0 Å². The quantitative estimate of drug-likeness (QED) is 0.458. The summed E-state index contributed by atoms with van der Waals surface area (Å²) < 4.78 is 6.72. The van der Waals surface area contributed by atoms with E-state index in [9.17, 15) is 9.90 Å². The molecule has 0 aliphatic carbocycles. The third-order valence-corrected chi connectivity index (χ3v) is 8.12. The molecule has 2 aromatic rings. The Hall–Kier alpha value is -1.85. The molecule has 0 amide bonds. The predicted molar refractivity (Wildman–Crippen MR) is 113 cm³/mol. The zero-order valence-corrected chi connectivity index (χ0v) is 18.0. The highest BCUT2D eigenvalue weighted by Crippen LogP contribution is 2.23. The summed E-state index contributed by atoms with van der Waals surface area (Å²) in [4.78, 5) is 11.8. The second-order valence-corrected chi connectivity index (χ2v) is 12.7. The van der Waals surface area contributed by atoms with E-state index in [2.05, 4.69) is 41.2 Å². The van der Waals surface area contributed by atoms with Crippen LogP contribution in [0, 0.1) is 0 Å². The largest absolute Gasteiger partial charge is 0.493 e. The Balaban J connectivity index is 2.07. The van der Waals surface area contributed by atoms with Gasteiger partial charge in [-0.1, -0.05) is 76.2 Å². The van der Waals surface area contributed by atoms with Crippen LogP contribution in [0.3, 0.4) is 0 Å². The minimum absolute atomic E-state index is 0.465. The summed E-state index contributed by atoms with van der Waals surface area (Å²) in [6.45, 7) is 6.81. The van der Waals surface area contributed by atoms with Crippen molar-refractivity contribution >= 4 is 35.2 Å². The van der Waals surface area contributed by atoms with Gasteiger partial charge in [0.15, 0.2) is 0 Å². The number of halogens is 1. The molecular weight excluding hydrogens is 408 g/mol. The first-order valence-corrected chi connectivity index (χ1v) is 12.7. The van der Waals surface area contributed by atoms with Crippen LogP contribution in [0.5, 0.6) is 5.75 Å². The number of carboxylic acid groups (broad SMARTS) is 1. The Morgan fingerprint density at radius 2 is 1.81 bits per heavy atom. The molecule has 0 fully saturated rings. The Morgan fingerprint density at radius 1 is 1.12 bits per heavy atom. The third-order valence-electron chi connectivity index (χ3n) is 4.49. The lowest BCUT2D eigenvalue weighted by Gasteiger charge is -2.24. The van der Waals surface area contributed by atoms with Gasteiger partial charge in [0.2, 0.25) is 0 Å². The van der Waals surface area contributed by atoms with Crippen LogP contribution in [-0.2, 0) is 4.79 Å². The van der Waals surface area contributed by atoms with Crippen LogP contribution in [0.4, 0.5) is 0 Å². The van der Waals surface area contributed by atoms with E-state index in [1.807, 2.05) is 49.4 Å². The molecule has 0 radical (unpaired) electrons. The Kier molecular flexibility index (Phi) is 7.23. The van der Waals surface area contributed by atoms with E-state index in [-0.39, 0.29) is 0 Å². The molecule has 0 aromatic heterocycles. The van der Waals surface area contributed by atoms with Crippen LogP contribution >= 0.6 is 15.9 Å². The molecule has 2 rings (SSSR count). The van der Waals surface area contributed by atoms with Crippen LogP contribution in [0.2, 0.25) is 19.1 Å². The molecule has 1 N–H and O–H groups in total. The molecule has 2 aromatic carbocycles. The number of aliphatic carboxylic acids is 1. The van der Waals surface area contributed by atoms with Crippen LogP contribution in [-0.4, -0.2) is 25.8 Å². The van der Waals surface area contributed by atoms with Crippen molar-refractivity contribution in [2.24, 2.45) is 0 Å². The highest BCUT2D eigenvalue weighted by atomic mass is 79.9. The fourth-order valence-corrected chi connectivity index (χ4v) is 5.89. The van der Waals surface area contributed by atoms with Crippen LogP contribution in [0.25, 0.3) is 0 Å². The van der Waals surface area contributed by atoms with Crippen molar-refractivity contribution in [1.82, 2.24) is 0 Å². The zero-order chi connectivity index (χ0) is 19.2. The summed E-state index contributed by atoms with van der Waals surface area (Å²) in [6, 6.07) is 18.5. The van der Waals surface area contributed by atoms with E-state index in [4.69, 9.17) is 4.74 Å². The molecule has 3 nitrogen and oxygen atoms in total. The molecule has 138 valence electrons. The Labute approximate surface area is 164 Å². The molecule has 0 unspecified atom stereocenters. The Morgan fingerprint density at radius 3 is 2.42 bits per heavy atom. The van der Waals surface area contributed by atoms with Crippen LogP contribution in [0.1, 0.15) is 13.3 Å². The first kappa shape index (κ1) is 20.5. The summed E-state index contributed by atoms with van der Waals surface area (Å²) in [5.41, 5.74) is 1.42. The molecule has 5 heteroatoms. The maximum atomic E-state index is 11.8. The molecular formula is C21H25BrO3Si. The number of hydrogen-bond acceptors (Lipinski definition) is 2. The van der Waals surface area contributed by atoms with E-state index >= 15 is 0 Å². The van der Waals surface area contributed by atoms with E-state index in [1.54, 1.807) is 0 Å². The van der Waals surface area contributed by atoms with Crippen LogP contribution in [0.15, 0.2) is 70.2 Å². The number of benzene rings is 2. The smallest absolute Gasteiger partial charge is 0.331 e. The average Bonchev–Trinajstić information content (AvgIpc) is 2.60. The number of carbonyl (C=O) groups is 1. The molecule has 0 bridgehead atoms. The summed E-state index contributed by atoms with van der Waals surface area (Å²) in [6.07, 6.45) is 0.605. The predicted octanol–water partition coefficient (Wildman–Crippen LogP) is 5.23. The lowest BCUT2D eigenvalue weighted by atomic mass is 10.1. The minimum Gasteiger partial charge on any atom is -0.493 e. The van der Waals surface area contributed by atoms with Gasteiger partial charge in [-0.15, -0.1) is 0 Å². The zero-order valence-electron chi connectivity index (χ0n) is 15.5. The summed E-state index contributed by atoms with van der Waals surface area (Å²) >= 11 is 3.42. The van der Waals surface area contributed by atoms with E-state index < -0.39 is 14.0 Å². The molecule has 0 aliphatic heterocycles. The van der Waals surface area contributed by atoms with Gasteiger partial charge < -0.3 is 9.84 Å². The van der Waals surface area contributed by atoms with Crippen molar-refractivity contribution in [3.63, 3.8) is 0 Å². The van der Waals surface area contributed by atoms with Gasteiger partial charge in [-0.2, -0.15) is 0 Å². The van der Waals surface area contributed by atoms with Gasteiger partial charge in [-0.25, -0.2) is 4.79 Å². The van der Waals surface area contributed by atoms with Crippen molar-refractivity contribution in [3.8, 4) is 5.75 Å². The van der Waals surface area contributed by atoms with E-state index in [1.165, 1.54) is 5.19 Å². The topological polar surface area (TPSA) is 46.5 Å². The molecule has 0 spiro atoms. The second-order valence-electron chi connectivity index (χ2n) is 7.05. The molecule has 0 aliphatic rings.